The van der Waals surface area contributed by atoms with E-state index in [0.29, 0.717) is 6.42 Å². The van der Waals surface area contributed by atoms with E-state index in [1.165, 1.54) is 12.1 Å². The number of hydrogen-bond acceptors (Lipinski definition) is 4. The van der Waals surface area contributed by atoms with Crippen molar-refractivity contribution in [1.82, 2.24) is 4.72 Å². The number of benzene rings is 1. The van der Waals surface area contributed by atoms with Crippen molar-refractivity contribution in [3.05, 3.63) is 24.0 Å². The Morgan fingerprint density at radius 3 is 2.79 bits per heavy atom. The van der Waals surface area contributed by atoms with E-state index >= 15 is 0 Å². The van der Waals surface area contributed by atoms with E-state index < -0.39 is 20.7 Å². The molecule has 106 valence electrons. The van der Waals surface area contributed by atoms with Crippen molar-refractivity contribution in [3.63, 3.8) is 0 Å². The van der Waals surface area contributed by atoms with E-state index in [0.717, 1.165) is 18.9 Å². The molecule has 1 fully saturated rings. The molecule has 4 N–H and O–H groups in total. The van der Waals surface area contributed by atoms with Crippen LogP contribution in [0.3, 0.4) is 0 Å². The van der Waals surface area contributed by atoms with Crippen LogP contribution >= 0.6 is 0 Å². The van der Waals surface area contributed by atoms with Gasteiger partial charge in [-0.1, -0.05) is 12.5 Å². The monoisotopic (exact) mass is 288 g/mol. The maximum atomic E-state index is 13.7. The van der Waals surface area contributed by atoms with Crippen LogP contribution in [0.5, 0.6) is 0 Å². The summed E-state index contributed by atoms with van der Waals surface area (Å²) in [4.78, 5) is -0.515. The van der Waals surface area contributed by atoms with Gasteiger partial charge in [-0.3, -0.25) is 0 Å². The molecule has 1 saturated carbocycles. The lowest BCUT2D eigenvalue weighted by Crippen LogP contribution is -2.39. The van der Waals surface area contributed by atoms with Gasteiger partial charge in [0.2, 0.25) is 10.0 Å². The van der Waals surface area contributed by atoms with Crippen molar-refractivity contribution < 1.29 is 17.9 Å². The fourth-order valence-electron chi connectivity index (χ4n) is 2.48. The third-order valence-electron chi connectivity index (χ3n) is 3.47. The highest BCUT2D eigenvalue weighted by atomic mass is 32.2. The number of aliphatic hydroxyl groups excluding tert-OH is 1. The number of sulfonamides is 1. The van der Waals surface area contributed by atoms with Crippen LogP contribution in [0.2, 0.25) is 0 Å². The van der Waals surface area contributed by atoms with E-state index in [1.807, 2.05) is 0 Å². The van der Waals surface area contributed by atoms with Crippen molar-refractivity contribution in [2.75, 3.05) is 12.3 Å². The summed E-state index contributed by atoms with van der Waals surface area (Å²) in [5.74, 6) is -0.992. The topological polar surface area (TPSA) is 92.4 Å². The van der Waals surface area contributed by atoms with Crippen LogP contribution < -0.4 is 10.5 Å². The Labute approximate surface area is 111 Å². The van der Waals surface area contributed by atoms with Crippen molar-refractivity contribution in [1.29, 1.82) is 0 Å². The zero-order chi connectivity index (χ0) is 14.0. The van der Waals surface area contributed by atoms with Crippen molar-refractivity contribution in [2.24, 2.45) is 5.92 Å². The van der Waals surface area contributed by atoms with Gasteiger partial charge in [0.05, 0.1) is 5.69 Å². The van der Waals surface area contributed by atoms with Crippen molar-refractivity contribution in [3.8, 4) is 0 Å². The molecule has 0 saturated heterocycles. The molecule has 0 radical (unpaired) electrons. The molecule has 0 heterocycles. The molecule has 1 aromatic carbocycles. The Hall–Kier alpha value is -1.18. The Kier molecular flexibility index (Phi) is 4.07. The molecule has 1 aromatic rings. The van der Waals surface area contributed by atoms with Crippen molar-refractivity contribution in [2.45, 2.75) is 30.2 Å². The summed E-state index contributed by atoms with van der Waals surface area (Å²) in [7, 11) is -4.01. The van der Waals surface area contributed by atoms with Crippen LogP contribution in [0.15, 0.2) is 23.1 Å². The molecule has 0 spiro atoms. The van der Waals surface area contributed by atoms with Gasteiger partial charge in [0.1, 0.15) is 10.7 Å². The second-order valence-electron chi connectivity index (χ2n) is 4.76. The summed E-state index contributed by atoms with van der Waals surface area (Å²) >= 11 is 0. The average Bonchev–Trinajstić information content (AvgIpc) is 2.74. The minimum absolute atomic E-state index is 0.0834. The van der Waals surface area contributed by atoms with E-state index in [4.69, 9.17) is 5.73 Å². The van der Waals surface area contributed by atoms with Crippen LogP contribution in [0, 0.1) is 11.7 Å². The van der Waals surface area contributed by atoms with Crippen LogP contribution in [0.25, 0.3) is 0 Å². The summed E-state index contributed by atoms with van der Waals surface area (Å²) in [6.45, 7) is -0.0834. The van der Waals surface area contributed by atoms with Crippen LogP contribution in [0.4, 0.5) is 10.1 Å². The minimum Gasteiger partial charge on any atom is -0.398 e. The number of anilines is 1. The summed E-state index contributed by atoms with van der Waals surface area (Å²) in [6, 6.07) is 3.39. The maximum absolute atomic E-state index is 13.7. The van der Waals surface area contributed by atoms with Crippen LogP contribution in [0.1, 0.15) is 19.3 Å². The largest absolute Gasteiger partial charge is 0.398 e. The molecule has 2 unspecified atom stereocenters. The molecular formula is C12H17FN2O3S. The highest BCUT2D eigenvalue weighted by Crippen LogP contribution is 2.28. The summed E-state index contributed by atoms with van der Waals surface area (Å²) < 4.78 is 40.5. The van der Waals surface area contributed by atoms with Gasteiger partial charge in [-0.15, -0.1) is 0 Å². The van der Waals surface area contributed by atoms with Gasteiger partial charge in [-0.25, -0.2) is 17.5 Å². The number of nitrogens with one attached hydrogen (secondary N) is 1. The Bertz CT molecular complexity index is 542. The number of hydrogen-bond donors (Lipinski definition) is 3. The van der Waals surface area contributed by atoms with Crippen LogP contribution in [-0.4, -0.2) is 26.2 Å². The van der Waals surface area contributed by atoms with Gasteiger partial charge in [-0.05, 0) is 30.9 Å². The molecule has 7 heteroatoms. The molecule has 0 aromatic heterocycles. The SMILES string of the molecule is Nc1cccc(F)c1S(=O)(=O)NC1CCCC1CO. The normalized spacial score (nSPS) is 23.7. The molecule has 19 heavy (non-hydrogen) atoms. The Balaban J connectivity index is 2.28. The highest BCUT2D eigenvalue weighted by Gasteiger charge is 2.32. The first-order chi connectivity index (χ1) is 8.95. The predicted molar refractivity (Wildman–Crippen MR) is 69.3 cm³/mol. The standard InChI is InChI=1S/C12H17FN2O3S/c13-9-4-2-5-10(14)12(9)19(17,18)15-11-6-1-3-8(11)7-16/h2,4-5,8,11,15-16H,1,3,6-7,14H2. The van der Waals surface area contributed by atoms with E-state index in [9.17, 15) is 17.9 Å². The summed E-state index contributed by atoms with van der Waals surface area (Å²) in [5.41, 5.74) is 5.42. The summed E-state index contributed by atoms with van der Waals surface area (Å²) in [5, 5.41) is 9.18. The minimum atomic E-state index is -4.01. The Morgan fingerprint density at radius 2 is 2.16 bits per heavy atom. The molecular weight excluding hydrogens is 271 g/mol. The van der Waals surface area contributed by atoms with Gasteiger partial charge in [0.25, 0.3) is 0 Å². The molecule has 2 atom stereocenters. The zero-order valence-corrected chi connectivity index (χ0v) is 11.2. The number of halogens is 1. The lowest BCUT2D eigenvalue weighted by molar-refractivity contribution is 0.213. The molecule has 0 aliphatic heterocycles. The van der Waals surface area contributed by atoms with Crippen molar-refractivity contribution >= 4 is 15.7 Å². The van der Waals surface area contributed by atoms with Gasteiger partial charge < -0.3 is 10.8 Å². The second-order valence-corrected chi connectivity index (χ2v) is 6.41. The quantitative estimate of drug-likeness (QED) is 0.716. The number of nitrogens with two attached hydrogens (primary N) is 1. The molecule has 5 nitrogen and oxygen atoms in total. The number of aliphatic hydroxyl groups is 1. The second kappa shape index (κ2) is 5.44. The van der Waals surface area contributed by atoms with Gasteiger partial charge >= 0.3 is 0 Å². The fourth-order valence-corrected chi connectivity index (χ4v) is 4.01. The lowest BCUT2D eigenvalue weighted by Gasteiger charge is -2.19. The Morgan fingerprint density at radius 1 is 1.42 bits per heavy atom. The van der Waals surface area contributed by atoms with E-state index in [-0.39, 0.29) is 24.3 Å². The number of rotatable bonds is 4. The first kappa shape index (κ1) is 14.2. The smallest absolute Gasteiger partial charge is 0.245 e. The maximum Gasteiger partial charge on any atom is 0.245 e. The molecule has 0 bridgehead atoms. The molecule has 1 aliphatic rings. The van der Waals surface area contributed by atoms with E-state index in [2.05, 4.69) is 4.72 Å². The van der Waals surface area contributed by atoms with Gasteiger partial charge in [0.15, 0.2) is 0 Å². The predicted octanol–water partition coefficient (Wildman–Crippen LogP) is 0.847. The third-order valence-corrected chi connectivity index (χ3v) is 5.05. The highest BCUT2D eigenvalue weighted by molar-refractivity contribution is 7.89. The van der Waals surface area contributed by atoms with Gasteiger partial charge in [0, 0.05) is 12.6 Å². The molecule has 2 rings (SSSR count). The lowest BCUT2D eigenvalue weighted by atomic mass is 10.1. The summed E-state index contributed by atoms with van der Waals surface area (Å²) in [6.07, 6.45) is 2.24. The fraction of sp³-hybridized carbons (Fsp3) is 0.500. The van der Waals surface area contributed by atoms with Gasteiger partial charge in [-0.2, -0.15) is 0 Å². The average molecular weight is 288 g/mol. The first-order valence-corrected chi connectivity index (χ1v) is 7.61. The van der Waals surface area contributed by atoms with E-state index in [1.54, 1.807) is 0 Å². The number of nitrogen functional groups attached to an aromatic ring is 1. The molecule has 0 amide bonds. The first-order valence-electron chi connectivity index (χ1n) is 6.13. The molecule has 1 aliphatic carbocycles. The van der Waals surface area contributed by atoms with Crippen LogP contribution in [-0.2, 0) is 10.0 Å². The third kappa shape index (κ3) is 2.88. The zero-order valence-electron chi connectivity index (χ0n) is 10.3.